The second kappa shape index (κ2) is 9.39. The first-order chi connectivity index (χ1) is 12.9. The van der Waals surface area contributed by atoms with Gasteiger partial charge in [0.05, 0.1) is 0 Å². The maximum Gasteiger partial charge on any atom is 0.503 e. The van der Waals surface area contributed by atoms with Gasteiger partial charge in [-0.05, 0) is 59.0 Å². The number of aryl methyl sites for hydroxylation is 2. The van der Waals surface area contributed by atoms with E-state index in [-0.39, 0.29) is 0 Å². The average molecular weight is 360 g/mol. The van der Waals surface area contributed by atoms with Crippen LogP contribution in [0.5, 0.6) is 0 Å². The number of carbonyl (C=O) groups is 1. The molecule has 0 unspecified atom stereocenters. The Balaban J connectivity index is 0.000000166. The zero-order chi connectivity index (χ0) is 19.8. The first kappa shape index (κ1) is 20.0. The fourth-order valence-electron chi connectivity index (χ4n) is 2.94. The number of hydrogen-bond donors (Lipinski definition) is 2. The highest BCUT2D eigenvalue weighted by molar-refractivity contribution is 5.87. The Hall–Kier alpha value is -3.33. The van der Waals surface area contributed by atoms with E-state index in [0.717, 1.165) is 0 Å². The van der Waals surface area contributed by atoms with Crippen molar-refractivity contribution in [2.24, 2.45) is 0 Å². The van der Waals surface area contributed by atoms with Crippen LogP contribution in [0.25, 0.3) is 21.5 Å². The second-order valence-corrected chi connectivity index (χ2v) is 6.29. The molecule has 0 aromatic heterocycles. The zero-order valence-electron chi connectivity index (χ0n) is 15.8. The van der Waals surface area contributed by atoms with Gasteiger partial charge < -0.3 is 10.2 Å². The SMILES string of the molecule is Cc1cc2ccccc2c(C)c1C.O=C(O)O.c1ccc2ccccc2c1. The lowest BCUT2D eigenvalue weighted by Crippen LogP contribution is -1.87. The summed E-state index contributed by atoms with van der Waals surface area (Å²) in [5, 5.41) is 19.3. The van der Waals surface area contributed by atoms with Crippen LogP contribution in [0.3, 0.4) is 0 Å². The normalized spacial score (nSPS) is 9.74. The van der Waals surface area contributed by atoms with E-state index >= 15 is 0 Å². The molecule has 3 heteroatoms. The van der Waals surface area contributed by atoms with Gasteiger partial charge >= 0.3 is 6.16 Å². The van der Waals surface area contributed by atoms with Crippen molar-refractivity contribution in [2.45, 2.75) is 20.8 Å². The van der Waals surface area contributed by atoms with E-state index in [1.165, 1.54) is 38.2 Å². The van der Waals surface area contributed by atoms with Crippen LogP contribution in [0.2, 0.25) is 0 Å². The van der Waals surface area contributed by atoms with E-state index < -0.39 is 6.16 Å². The third-order valence-corrected chi connectivity index (χ3v) is 4.55. The lowest BCUT2D eigenvalue weighted by Gasteiger charge is -2.08. The number of carboxylic acid groups (broad SMARTS) is 2. The molecule has 0 saturated heterocycles. The van der Waals surface area contributed by atoms with Crippen LogP contribution in [-0.2, 0) is 0 Å². The third kappa shape index (κ3) is 5.58. The molecule has 27 heavy (non-hydrogen) atoms. The molecular weight excluding hydrogens is 336 g/mol. The zero-order valence-corrected chi connectivity index (χ0v) is 15.8. The molecular formula is C24H24O3. The first-order valence-electron chi connectivity index (χ1n) is 8.71. The van der Waals surface area contributed by atoms with Crippen LogP contribution >= 0.6 is 0 Å². The van der Waals surface area contributed by atoms with Crippen molar-refractivity contribution in [3.8, 4) is 0 Å². The van der Waals surface area contributed by atoms with Crippen LogP contribution in [0.15, 0.2) is 78.9 Å². The molecule has 0 atom stereocenters. The topological polar surface area (TPSA) is 57.5 Å². The third-order valence-electron chi connectivity index (χ3n) is 4.55. The summed E-state index contributed by atoms with van der Waals surface area (Å²) in [5.74, 6) is 0. The summed E-state index contributed by atoms with van der Waals surface area (Å²) < 4.78 is 0. The van der Waals surface area contributed by atoms with Gasteiger partial charge in [-0.2, -0.15) is 0 Å². The number of hydrogen-bond acceptors (Lipinski definition) is 1. The molecule has 0 aliphatic rings. The highest BCUT2D eigenvalue weighted by atomic mass is 16.6. The van der Waals surface area contributed by atoms with Crippen molar-refractivity contribution in [1.82, 2.24) is 0 Å². The largest absolute Gasteiger partial charge is 0.503 e. The Morgan fingerprint density at radius 3 is 1.44 bits per heavy atom. The molecule has 0 fully saturated rings. The number of rotatable bonds is 0. The molecule has 0 aliphatic heterocycles. The molecule has 138 valence electrons. The van der Waals surface area contributed by atoms with Crippen LogP contribution in [0.1, 0.15) is 16.7 Å². The van der Waals surface area contributed by atoms with Crippen molar-refractivity contribution in [1.29, 1.82) is 0 Å². The molecule has 0 aliphatic carbocycles. The lowest BCUT2D eigenvalue weighted by atomic mass is 9.97. The van der Waals surface area contributed by atoms with Gasteiger partial charge in [-0.3, -0.25) is 0 Å². The second-order valence-electron chi connectivity index (χ2n) is 6.29. The van der Waals surface area contributed by atoms with Crippen molar-refractivity contribution in [3.05, 3.63) is 95.6 Å². The van der Waals surface area contributed by atoms with Gasteiger partial charge in [0.15, 0.2) is 0 Å². The Morgan fingerprint density at radius 1 is 0.630 bits per heavy atom. The van der Waals surface area contributed by atoms with Crippen molar-refractivity contribution < 1.29 is 15.0 Å². The van der Waals surface area contributed by atoms with Gasteiger partial charge in [0.25, 0.3) is 0 Å². The highest BCUT2D eigenvalue weighted by Gasteiger charge is 2.02. The molecule has 0 heterocycles. The van der Waals surface area contributed by atoms with Gasteiger partial charge in [0, 0.05) is 0 Å². The summed E-state index contributed by atoms with van der Waals surface area (Å²) >= 11 is 0. The van der Waals surface area contributed by atoms with Crippen molar-refractivity contribution in [3.63, 3.8) is 0 Å². The summed E-state index contributed by atoms with van der Waals surface area (Å²) in [6, 6.07) is 27.5. The summed E-state index contributed by atoms with van der Waals surface area (Å²) in [6.07, 6.45) is -1.83. The summed E-state index contributed by atoms with van der Waals surface area (Å²) in [6.45, 7) is 6.57. The Kier molecular flexibility index (Phi) is 6.95. The van der Waals surface area contributed by atoms with Gasteiger partial charge in [-0.1, -0.05) is 78.9 Å². The molecule has 0 amide bonds. The smallest absolute Gasteiger partial charge is 0.450 e. The molecule has 4 aromatic carbocycles. The molecule has 2 N–H and O–H groups in total. The maximum atomic E-state index is 8.56. The number of fused-ring (bicyclic) bond motifs is 2. The van der Waals surface area contributed by atoms with E-state index in [9.17, 15) is 0 Å². The minimum Gasteiger partial charge on any atom is -0.450 e. The molecule has 4 rings (SSSR count). The Morgan fingerprint density at radius 2 is 1.00 bits per heavy atom. The average Bonchev–Trinajstić information content (AvgIpc) is 2.66. The molecule has 0 spiro atoms. The number of benzene rings is 4. The van der Waals surface area contributed by atoms with Gasteiger partial charge in [0.2, 0.25) is 0 Å². The molecule has 0 saturated carbocycles. The van der Waals surface area contributed by atoms with Gasteiger partial charge in [-0.25, -0.2) is 4.79 Å². The van der Waals surface area contributed by atoms with Crippen LogP contribution in [-0.4, -0.2) is 16.4 Å². The predicted octanol–water partition coefficient (Wildman–Crippen LogP) is 6.83. The van der Waals surface area contributed by atoms with E-state index in [1.807, 2.05) is 0 Å². The van der Waals surface area contributed by atoms with Crippen LogP contribution < -0.4 is 0 Å². The first-order valence-corrected chi connectivity index (χ1v) is 8.71. The highest BCUT2D eigenvalue weighted by Crippen LogP contribution is 2.23. The Labute approximate surface area is 159 Å². The van der Waals surface area contributed by atoms with Gasteiger partial charge in [0.1, 0.15) is 0 Å². The fraction of sp³-hybridized carbons (Fsp3) is 0.125. The van der Waals surface area contributed by atoms with Crippen LogP contribution in [0.4, 0.5) is 4.79 Å². The van der Waals surface area contributed by atoms with Gasteiger partial charge in [-0.15, -0.1) is 0 Å². The minimum absolute atomic E-state index is 1.31. The Bertz CT molecular complexity index is 982. The van der Waals surface area contributed by atoms with E-state index in [4.69, 9.17) is 15.0 Å². The van der Waals surface area contributed by atoms with E-state index in [0.29, 0.717) is 0 Å². The van der Waals surface area contributed by atoms with Crippen molar-refractivity contribution in [2.75, 3.05) is 0 Å². The quantitative estimate of drug-likeness (QED) is 0.361. The maximum absolute atomic E-state index is 8.56. The molecule has 3 nitrogen and oxygen atoms in total. The molecule has 0 bridgehead atoms. The summed E-state index contributed by atoms with van der Waals surface area (Å²) in [5.41, 5.74) is 4.21. The van der Waals surface area contributed by atoms with Crippen LogP contribution in [0, 0.1) is 20.8 Å². The standard InChI is InChI=1S/C13H14.C10H8.CH2O3/c1-9-8-12-6-4-5-7-13(12)11(3)10(9)2;1-2-6-10-8-4-3-7-9(10)5-1;2-1(3)4/h4-8H,1-3H3;1-8H;(H2,2,3,4). The predicted molar refractivity (Wildman–Crippen MR) is 113 cm³/mol. The summed E-state index contributed by atoms with van der Waals surface area (Å²) in [7, 11) is 0. The monoisotopic (exact) mass is 360 g/mol. The van der Waals surface area contributed by atoms with E-state index in [1.54, 1.807) is 0 Å². The summed E-state index contributed by atoms with van der Waals surface area (Å²) in [4.78, 5) is 8.56. The lowest BCUT2D eigenvalue weighted by molar-refractivity contribution is 0.137. The van der Waals surface area contributed by atoms with E-state index in [2.05, 4.69) is 99.6 Å². The minimum atomic E-state index is -1.83. The fourth-order valence-corrected chi connectivity index (χ4v) is 2.94. The molecule has 4 aromatic rings. The molecule has 0 radical (unpaired) electrons. The van der Waals surface area contributed by atoms with Crippen molar-refractivity contribution >= 4 is 27.7 Å².